The summed E-state index contributed by atoms with van der Waals surface area (Å²) in [6.07, 6.45) is 3.36. The third-order valence-electron chi connectivity index (χ3n) is 2.77. The second-order valence-corrected chi connectivity index (χ2v) is 4.31. The zero-order chi connectivity index (χ0) is 14.1. The van der Waals surface area contributed by atoms with E-state index in [-0.39, 0.29) is 5.56 Å². The summed E-state index contributed by atoms with van der Waals surface area (Å²) in [6.45, 7) is 1.74. The van der Waals surface area contributed by atoms with Crippen LogP contribution in [0.25, 0.3) is 17.2 Å². The highest BCUT2D eigenvalue weighted by molar-refractivity contribution is 5.62. The first kappa shape index (κ1) is 12.1. The van der Waals surface area contributed by atoms with Crippen molar-refractivity contribution in [2.75, 3.05) is 5.73 Å². The van der Waals surface area contributed by atoms with Gasteiger partial charge in [0.1, 0.15) is 5.82 Å². The zero-order valence-corrected chi connectivity index (χ0v) is 10.7. The van der Waals surface area contributed by atoms with Crippen molar-refractivity contribution in [2.24, 2.45) is 0 Å². The molecule has 0 saturated heterocycles. The van der Waals surface area contributed by atoms with E-state index in [4.69, 9.17) is 5.73 Å². The van der Waals surface area contributed by atoms with Gasteiger partial charge in [-0.15, -0.1) is 0 Å². The molecule has 0 radical (unpaired) electrons. The van der Waals surface area contributed by atoms with Gasteiger partial charge in [-0.3, -0.25) is 14.8 Å². The number of nitrogen functional groups attached to an aromatic ring is 1. The Morgan fingerprint density at radius 3 is 2.70 bits per heavy atom. The Kier molecular flexibility index (Phi) is 2.79. The van der Waals surface area contributed by atoms with Gasteiger partial charge in [-0.05, 0) is 19.1 Å². The summed E-state index contributed by atoms with van der Waals surface area (Å²) in [4.78, 5) is 22.3. The van der Waals surface area contributed by atoms with Crippen LogP contribution in [-0.2, 0) is 0 Å². The fourth-order valence-corrected chi connectivity index (χ4v) is 1.89. The molecule has 3 rings (SSSR count). The normalized spacial score (nSPS) is 10.7. The van der Waals surface area contributed by atoms with Crippen molar-refractivity contribution < 1.29 is 0 Å². The second kappa shape index (κ2) is 4.61. The Morgan fingerprint density at radius 1 is 1.25 bits per heavy atom. The predicted octanol–water partition coefficient (Wildman–Crippen LogP) is 0.908. The van der Waals surface area contributed by atoms with Crippen molar-refractivity contribution in [2.45, 2.75) is 6.92 Å². The third-order valence-corrected chi connectivity index (χ3v) is 2.77. The van der Waals surface area contributed by atoms with Gasteiger partial charge in [-0.1, -0.05) is 0 Å². The Hall–Kier alpha value is -2.96. The molecule has 0 aliphatic carbocycles. The van der Waals surface area contributed by atoms with Crippen LogP contribution >= 0.6 is 0 Å². The van der Waals surface area contributed by atoms with Gasteiger partial charge in [0.05, 0.1) is 5.69 Å². The molecule has 7 heteroatoms. The molecule has 0 atom stereocenters. The second-order valence-electron chi connectivity index (χ2n) is 4.31. The highest BCUT2D eigenvalue weighted by Crippen LogP contribution is 2.20. The van der Waals surface area contributed by atoms with Crippen LogP contribution in [0.2, 0.25) is 0 Å². The number of nitrogens with two attached hydrogens (primary N) is 1. The number of hydrogen-bond donors (Lipinski definition) is 2. The SMILES string of the molecule is Cc1cc(=O)[nH]c(-n2nc(-c3ccncc3)cc2N)n1. The smallest absolute Gasteiger partial charge is 0.252 e. The molecule has 0 saturated carbocycles. The number of hydrogen-bond acceptors (Lipinski definition) is 5. The standard InChI is InChI=1S/C13H12N6O/c1-8-6-12(20)17-13(16-8)19-11(14)7-10(18-19)9-2-4-15-5-3-9/h2-7H,14H2,1H3,(H,16,17,20). The van der Waals surface area contributed by atoms with Crippen molar-refractivity contribution >= 4 is 5.82 Å². The minimum atomic E-state index is -0.243. The first-order chi connectivity index (χ1) is 9.63. The number of rotatable bonds is 2. The van der Waals surface area contributed by atoms with E-state index in [0.29, 0.717) is 23.2 Å². The third kappa shape index (κ3) is 2.16. The maximum Gasteiger partial charge on any atom is 0.252 e. The molecule has 0 aromatic carbocycles. The summed E-state index contributed by atoms with van der Waals surface area (Å²) >= 11 is 0. The number of aromatic amines is 1. The average Bonchev–Trinajstić information content (AvgIpc) is 2.81. The van der Waals surface area contributed by atoms with Gasteiger partial charge in [-0.2, -0.15) is 9.78 Å². The maximum absolute atomic E-state index is 11.5. The summed E-state index contributed by atoms with van der Waals surface area (Å²) in [5.74, 6) is 0.693. The molecule has 7 nitrogen and oxygen atoms in total. The van der Waals surface area contributed by atoms with E-state index in [1.165, 1.54) is 10.7 Å². The largest absolute Gasteiger partial charge is 0.383 e. The van der Waals surface area contributed by atoms with Crippen molar-refractivity contribution in [1.82, 2.24) is 24.7 Å². The van der Waals surface area contributed by atoms with E-state index in [1.54, 1.807) is 25.4 Å². The van der Waals surface area contributed by atoms with Crippen LogP contribution in [0.1, 0.15) is 5.69 Å². The molecular formula is C13H12N6O. The lowest BCUT2D eigenvalue weighted by Gasteiger charge is -2.02. The van der Waals surface area contributed by atoms with Crippen LogP contribution in [0.3, 0.4) is 0 Å². The van der Waals surface area contributed by atoms with E-state index >= 15 is 0 Å². The van der Waals surface area contributed by atoms with E-state index in [1.807, 2.05) is 12.1 Å². The van der Waals surface area contributed by atoms with Gasteiger partial charge in [0, 0.05) is 35.8 Å². The number of nitrogens with zero attached hydrogens (tertiary/aromatic N) is 4. The highest BCUT2D eigenvalue weighted by Gasteiger charge is 2.10. The van der Waals surface area contributed by atoms with E-state index in [9.17, 15) is 4.79 Å². The van der Waals surface area contributed by atoms with Gasteiger partial charge >= 0.3 is 0 Å². The summed E-state index contributed by atoms with van der Waals surface area (Å²) in [5.41, 5.74) is 7.87. The Balaban J connectivity index is 2.12. The fraction of sp³-hybridized carbons (Fsp3) is 0.0769. The van der Waals surface area contributed by atoms with E-state index in [0.717, 1.165) is 5.56 Å². The number of anilines is 1. The van der Waals surface area contributed by atoms with Crippen LogP contribution in [0.5, 0.6) is 0 Å². The van der Waals surface area contributed by atoms with Crippen molar-refractivity contribution in [3.63, 3.8) is 0 Å². The first-order valence-electron chi connectivity index (χ1n) is 5.98. The summed E-state index contributed by atoms with van der Waals surface area (Å²) in [5, 5.41) is 4.36. The van der Waals surface area contributed by atoms with Gasteiger partial charge in [-0.25, -0.2) is 4.98 Å². The minimum Gasteiger partial charge on any atom is -0.383 e. The average molecular weight is 268 g/mol. The lowest BCUT2D eigenvalue weighted by Crippen LogP contribution is -2.15. The molecule has 3 aromatic heterocycles. The molecule has 3 heterocycles. The quantitative estimate of drug-likeness (QED) is 0.719. The van der Waals surface area contributed by atoms with Crippen LogP contribution in [0.15, 0.2) is 41.5 Å². The van der Waals surface area contributed by atoms with Crippen LogP contribution in [0.4, 0.5) is 5.82 Å². The van der Waals surface area contributed by atoms with E-state index < -0.39 is 0 Å². The summed E-state index contributed by atoms with van der Waals surface area (Å²) < 4.78 is 1.41. The van der Waals surface area contributed by atoms with Crippen LogP contribution < -0.4 is 11.3 Å². The molecule has 0 amide bonds. The lowest BCUT2D eigenvalue weighted by atomic mass is 10.2. The first-order valence-corrected chi connectivity index (χ1v) is 5.98. The fourth-order valence-electron chi connectivity index (χ4n) is 1.89. The Bertz CT molecular complexity index is 805. The number of nitrogens with one attached hydrogen (secondary N) is 1. The van der Waals surface area contributed by atoms with Gasteiger partial charge in [0.2, 0.25) is 5.95 Å². The Labute approximate surface area is 114 Å². The number of pyridine rings is 1. The van der Waals surface area contributed by atoms with E-state index in [2.05, 4.69) is 20.1 Å². The molecule has 20 heavy (non-hydrogen) atoms. The number of aryl methyl sites for hydroxylation is 1. The van der Waals surface area contributed by atoms with Crippen LogP contribution in [0, 0.1) is 6.92 Å². The number of H-pyrrole nitrogens is 1. The minimum absolute atomic E-state index is 0.243. The van der Waals surface area contributed by atoms with Crippen molar-refractivity contribution in [3.8, 4) is 17.2 Å². The molecule has 0 aliphatic heterocycles. The van der Waals surface area contributed by atoms with Crippen molar-refractivity contribution in [3.05, 3.63) is 52.7 Å². The number of aromatic nitrogens is 5. The summed E-state index contributed by atoms with van der Waals surface area (Å²) in [6, 6.07) is 6.79. The van der Waals surface area contributed by atoms with Crippen LogP contribution in [-0.4, -0.2) is 24.7 Å². The molecule has 0 bridgehead atoms. The molecule has 100 valence electrons. The zero-order valence-electron chi connectivity index (χ0n) is 10.7. The molecular weight excluding hydrogens is 256 g/mol. The predicted molar refractivity (Wildman–Crippen MR) is 74.4 cm³/mol. The molecule has 3 N–H and O–H groups in total. The summed E-state index contributed by atoms with van der Waals surface area (Å²) in [7, 11) is 0. The Morgan fingerprint density at radius 2 is 2.00 bits per heavy atom. The topological polar surface area (TPSA) is 102 Å². The van der Waals surface area contributed by atoms with Gasteiger partial charge in [0.15, 0.2) is 0 Å². The van der Waals surface area contributed by atoms with Crippen molar-refractivity contribution in [1.29, 1.82) is 0 Å². The molecule has 0 fully saturated rings. The molecule has 3 aromatic rings. The lowest BCUT2D eigenvalue weighted by molar-refractivity contribution is 0.805. The molecule has 0 aliphatic rings. The van der Waals surface area contributed by atoms with Gasteiger partial charge < -0.3 is 5.73 Å². The van der Waals surface area contributed by atoms with Gasteiger partial charge in [0.25, 0.3) is 5.56 Å². The molecule has 0 spiro atoms. The maximum atomic E-state index is 11.5. The highest BCUT2D eigenvalue weighted by atomic mass is 16.1. The monoisotopic (exact) mass is 268 g/mol. The molecule has 0 unspecified atom stereocenters.